The second-order valence-corrected chi connectivity index (χ2v) is 8.86. The van der Waals surface area contributed by atoms with E-state index < -0.39 is 28.7 Å². The van der Waals surface area contributed by atoms with Crippen LogP contribution >= 0.6 is 0 Å². The van der Waals surface area contributed by atoms with Crippen LogP contribution in [0.25, 0.3) is 0 Å². The van der Waals surface area contributed by atoms with Gasteiger partial charge in [0.15, 0.2) is 0 Å². The van der Waals surface area contributed by atoms with Gasteiger partial charge in [0.1, 0.15) is 16.7 Å². The molecule has 7 nitrogen and oxygen atoms in total. The van der Waals surface area contributed by atoms with Crippen molar-refractivity contribution in [2.24, 2.45) is 0 Å². The number of methoxy groups -OCH3 is 1. The number of hydrogen-bond donors (Lipinski definition) is 2. The van der Waals surface area contributed by atoms with Crippen LogP contribution in [0.2, 0.25) is 0 Å². The van der Waals surface area contributed by atoms with Gasteiger partial charge in [-0.2, -0.15) is 0 Å². The maximum absolute atomic E-state index is 13.3. The summed E-state index contributed by atoms with van der Waals surface area (Å²) >= 11 is 0. The maximum Gasteiger partial charge on any atom is 0.408 e. The molecule has 0 aromatic carbocycles. The van der Waals surface area contributed by atoms with Crippen molar-refractivity contribution in [1.29, 1.82) is 0 Å². The molecule has 0 atom stereocenters. The summed E-state index contributed by atoms with van der Waals surface area (Å²) in [6.45, 7) is 5.36. The lowest BCUT2D eigenvalue weighted by molar-refractivity contribution is -0.154. The number of carbonyl (C=O) groups excluding carboxylic acids is 3. The molecular weight excluding hydrogens is 348 g/mol. The van der Waals surface area contributed by atoms with Crippen LogP contribution in [0.1, 0.15) is 85.0 Å². The minimum atomic E-state index is -1.04. The number of carbonyl (C=O) groups is 3. The van der Waals surface area contributed by atoms with Gasteiger partial charge in [-0.05, 0) is 46.5 Å². The summed E-state index contributed by atoms with van der Waals surface area (Å²) in [5.74, 6) is -0.709. The highest BCUT2D eigenvalue weighted by Crippen LogP contribution is 2.33. The van der Waals surface area contributed by atoms with E-state index in [1.54, 1.807) is 20.8 Å². The molecule has 7 heteroatoms. The second kappa shape index (κ2) is 8.48. The first-order valence-corrected chi connectivity index (χ1v) is 10.0. The van der Waals surface area contributed by atoms with Crippen molar-refractivity contribution in [2.45, 2.75) is 102 Å². The van der Waals surface area contributed by atoms with Crippen LogP contribution in [-0.4, -0.2) is 41.8 Å². The topological polar surface area (TPSA) is 93.7 Å². The number of ether oxygens (including phenoxy) is 2. The summed E-state index contributed by atoms with van der Waals surface area (Å²) in [5, 5.41) is 5.81. The zero-order valence-electron chi connectivity index (χ0n) is 17.1. The summed E-state index contributed by atoms with van der Waals surface area (Å²) in [6.07, 6.45) is 7.07. The van der Waals surface area contributed by atoms with E-state index in [2.05, 4.69) is 10.6 Å². The third-order valence-electron chi connectivity index (χ3n) is 5.52. The monoisotopic (exact) mass is 382 g/mol. The molecule has 0 radical (unpaired) electrons. The van der Waals surface area contributed by atoms with E-state index in [1.165, 1.54) is 7.11 Å². The molecular formula is C20H34N2O5. The van der Waals surface area contributed by atoms with E-state index in [9.17, 15) is 14.4 Å². The van der Waals surface area contributed by atoms with Gasteiger partial charge in [0, 0.05) is 0 Å². The predicted octanol–water partition coefficient (Wildman–Crippen LogP) is 3.21. The Morgan fingerprint density at radius 1 is 0.778 bits per heavy atom. The number of rotatable bonds is 4. The molecule has 0 aromatic rings. The summed E-state index contributed by atoms with van der Waals surface area (Å²) < 4.78 is 10.4. The SMILES string of the molecule is COC(=O)C1(NC(=O)C2(NC(=O)OC(C)(C)C)CCCCC2)CCCCC1. The molecule has 2 aliphatic rings. The van der Waals surface area contributed by atoms with Crippen molar-refractivity contribution in [3.63, 3.8) is 0 Å². The second-order valence-electron chi connectivity index (χ2n) is 8.86. The summed E-state index contributed by atoms with van der Waals surface area (Å²) in [4.78, 5) is 38.2. The molecule has 27 heavy (non-hydrogen) atoms. The lowest BCUT2D eigenvalue weighted by atomic mass is 9.77. The van der Waals surface area contributed by atoms with Crippen LogP contribution in [0.5, 0.6) is 0 Å². The van der Waals surface area contributed by atoms with Crippen molar-refractivity contribution in [3.05, 3.63) is 0 Å². The summed E-state index contributed by atoms with van der Waals surface area (Å²) in [6, 6.07) is 0. The van der Waals surface area contributed by atoms with Gasteiger partial charge in [0.25, 0.3) is 0 Å². The Balaban J connectivity index is 2.20. The third-order valence-corrected chi connectivity index (χ3v) is 5.52. The molecule has 154 valence electrons. The standard InChI is InChI=1S/C20H34N2O5/c1-18(2,3)27-17(25)22-19(11-7-5-8-12-19)15(23)21-20(16(24)26-4)13-9-6-10-14-20/h5-14H2,1-4H3,(H,21,23)(H,22,25). The average Bonchev–Trinajstić information content (AvgIpc) is 2.60. The molecule has 2 rings (SSSR count). The Kier molecular flexibility index (Phi) is 6.76. The van der Waals surface area contributed by atoms with Crippen LogP contribution in [0.15, 0.2) is 0 Å². The Morgan fingerprint density at radius 3 is 1.70 bits per heavy atom. The van der Waals surface area contributed by atoms with Gasteiger partial charge in [-0.15, -0.1) is 0 Å². The van der Waals surface area contributed by atoms with E-state index in [0.717, 1.165) is 38.5 Å². The fraction of sp³-hybridized carbons (Fsp3) is 0.850. The molecule has 2 amide bonds. The van der Waals surface area contributed by atoms with Crippen LogP contribution in [-0.2, 0) is 19.1 Å². The minimum Gasteiger partial charge on any atom is -0.467 e. The smallest absolute Gasteiger partial charge is 0.408 e. The molecule has 0 spiro atoms. The van der Waals surface area contributed by atoms with Gasteiger partial charge in [-0.3, -0.25) is 4.79 Å². The summed E-state index contributed by atoms with van der Waals surface area (Å²) in [5.41, 5.74) is -2.68. The number of amides is 2. The number of esters is 1. The third kappa shape index (κ3) is 5.36. The molecule has 0 aliphatic heterocycles. The van der Waals surface area contributed by atoms with E-state index in [0.29, 0.717) is 25.7 Å². The number of nitrogens with one attached hydrogen (secondary N) is 2. The maximum atomic E-state index is 13.3. The van der Waals surface area contributed by atoms with Gasteiger partial charge in [-0.1, -0.05) is 38.5 Å². The average molecular weight is 383 g/mol. The van der Waals surface area contributed by atoms with Gasteiger partial charge >= 0.3 is 12.1 Å². The minimum absolute atomic E-state index is 0.305. The molecule has 0 unspecified atom stereocenters. The molecule has 2 fully saturated rings. The molecule has 0 bridgehead atoms. The Morgan fingerprint density at radius 2 is 1.26 bits per heavy atom. The van der Waals surface area contributed by atoms with Crippen molar-refractivity contribution < 1.29 is 23.9 Å². The summed E-state index contributed by atoms with van der Waals surface area (Å²) in [7, 11) is 1.35. The first-order valence-electron chi connectivity index (χ1n) is 10.0. The van der Waals surface area contributed by atoms with Gasteiger partial charge in [-0.25, -0.2) is 9.59 Å². The van der Waals surface area contributed by atoms with E-state index >= 15 is 0 Å². The van der Waals surface area contributed by atoms with Crippen molar-refractivity contribution in [3.8, 4) is 0 Å². The van der Waals surface area contributed by atoms with Crippen molar-refractivity contribution >= 4 is 18.0 Å². The molecule has 0 aromatic heterocycles. The van der Waals surface area contributed by atoms with E-state index in [-0.39, 0.29) is 5.91 Å². The number of alkyl carbamates (subject to hydrolysis) is 1. The van der Waals surface area contributed by atoms with Crippen LogP contribution < -0.4 is 10.6 Å². The lowest BCUT2D eigenvalue weighted by Crippen LogP contribution is -2.66. The highest BCUT2D eigenvalue weighted by molar-refractivity contribution is 5.94. The van der Waals surface area contributed by atoms with E-state index in [4.69, 9.17) is 9.47 Å². The highest BCUT2D eigenvalue weighted by Gasteiger charge is 2.48. The Labute approximate surface area is 161 Å². The predicted molar refractivity (Wildman–Crippen MR) is 101 cm³/mol. The van der Waals surface area contributed by atoms with Gasteiger partial charge in [0.2, 0.25) is 5.91 Å². The molecule has 2 saturated carbocycles. The first kappa shape index (κ1) is 21.5. The fourth-order valence-corrected chi connectivity index (χ4v) is 4.13. The lowest BCUT2D eigenvalue weighted by Gasteiger charge is -2.42. The fourth-order valence-electron chi connectivity index (χ4n) is 4.13. The Bertz CT molecular complexity index is 555. The number of hydrogen-bond acceptors (Lipinski definition) is 5. The van der Waals surface area contributed by atoms with Crippen molar-refractivity contribution in [1.82, 2.24) is 10.6 Å². The van der Waals surface area contributed by atoms with Crippen LogP contribution in [0.4, 0.5) is 4.79 Å². The Hall–Kier alpha value is -1.79. The van der Waals surface area contributed by atoms with Gasteiger partial charge in [0.05, 0.1) is 7.11 Å². The van der Waals surface area contributed by atoms with Crippen LogP contribution in [0, 0.1) is 0 Å². The van der Waals surface area contributed by atoms with Gasteiger partial charge < -0.3 is 20.1 Å². The van der Waals surface area contributed by atoms with Crippen LogP contribution in [0.3, 0.4) is 0 Å². The molecule has 2 N–H and O–H groups in total. The first-order chi connectivity index (χ1) is 12.6. The largest absolute Gasteiger partial charge is 0.467 e. The molecule has 0 heterocycles. The quantitative estimate of drug-likeness (QED) is 0.728. The normalized spacial score (nSPS) is 21.6. The zero-order chi connectivity index (χ0) is 20.1. The highest BCUT2D eigenvalue weighted by atomic mass is 16.6. The molecule has 2 aliphatic carbocycles. The van der Waals surface area contributed by atoms with E-state index in [1.807, 2.05) is 0 Å². The molecule has 0 saturated heterocycles. The zero-order valence-corrected chi connectivity index (χ0v) is 17.1. The van der Waals surface area contributed by atoms with Crippen molar-refractivity contribution in [2.75, 3.05) is 7.11 Å².